The maximum atomic E-state index is 2.69. The molecular formula is C42H48Si. The van der Waals surface area contributed by atoms with E-state index in [0.717, 1.165) is 12.8 Å². The Morgan fingerprint density at radius 3 is 1.30 bits per heavy atom. The van der Waals surface area contributed by atoms with Gasteiger partial charge >= 0.3 is 0 Å². The lowest BCUT2D eigenvalue weighted by Gasteiger charge is -2.33. The first kappa shape index (κ1) is 29.6. The van der Waals surface area contributed by atoms with Gasteiger partial charge in [0.05, 0.1) is 0 Å². The number of rotatable bonds is 10. The molecule has 2 aliphatic carbocycles. The molecule has 0 aliphatic heterocycles. The van der Waals surface area contributed by atoms with Crippen LogP contribution in [0.2, 0.25) is 13.1 Å². The van der Waals surface area contributed by atoms with Crippen molar-refractivity contribution in [3.63, 3.8) is 0 Å². The summed E-state index contributed by atoms with van der Waals surface area (Å²) in [6, 6.07) is 32.7. The Bertz CT molecular complexity index is 1570. The molecule has 0 atom stereocenters. The van der Waals surface area contributed by atoms with Crippen molar-refractivity contribution in [1.82, 2.24) is 0 Å². The zero-order chi connectivity index (χ0) is 30.1. The second-order valence-electron chi connectivity index (χ2n) is 13.6. The molecule has 0 bridgehead atoms. The Hall–Kier alpha value is -3.42. The highest BCUT2D eigenvalue weighted by molar-refractivity contribution is 7.09. The van der Waals surface area contributed by atoms with Gasteiger partial charge in [-0.1, -0.05) is 147 Å². The third-order valence-corrected chi connectivity index (χ3v) is 13.7. The minimum atomic E-state index is -2.16. The molecule has 0 N–H and O–H groups in total. The zero-order valence-electron chi connectivity index (χ0n) is 27.2. The zero-order valence-corrected chi connectivity index (χ0v) is 28.2. The van der Waals surface area contributed by atoms with Crippen LogP contribution in [0, 0.1) is 13.8 Å². The lowest BCUT2D eigenvalue weighted by Crippen LogP contribution is -2.32. The van der Waals surface area contributed by atoms with Gasteiger partial charge < -0.3 is 0 Å². The summed E-state index contributed by atoms with van der Waals surface area (Å²) in [7, 11) is -2.16. The van der Waals surface area contributed by atoms with Crippen LogP contribution in [0.3, 0.4) is 0 Å². The Kier molecular flexibility index (Phi) is 8.47. The SMILES string of the molecule is CCCCC1=C([Si](C)(C)C2=C(CCCC)Cc3cccc(-c4ccc(C)cc4)c32)c2c(cccc2-c2ccc(C)cc2)C1. The van der Waals surface area contributed by atoms with E-state index in [1.807, 2.05) is 0 Å². The maximum Gasteiger partial charge on any atom is 0.113 e. The third kappa shape index (κ3) is 5.53. The van der Waals surface area contributed by atoms with Crippen molar-refractivity contribution in [3.05, 3.63) is 129 Å². The Morgan fingerprint density at radius 2 is 0.930 bits per heavy atom. The monoisotopic (exact) mass is 580 g/mol. The lowest BCUT2D eigenvalue weighted by atomic mass is 9.96. The van der Waals surface area contributed by atoms with Gasteiger partial charge in [0.2, 0.25) is 0 Å². The fourth-order valence-electron chi connectivity index (χ4n) is 7.86. The second-order valence-corrected chi connectivity index (χ2v) is 17.8. The van der Waals surface area contributed by atoms with E-state index in [9.17, 15) is 0 Å². The Labute approximate surface area is 261 Å². The van der Waals surface area contributed by atoms with Crippen LogP contribution in [0.25, 0.3) is 32.6 Å². The fourth-order valence-corrected chi connectivity index (χ4v) is 12.1. The highest BCUT2D eigenvalue weighted by Crippen LogP contribution is 2.53. The van der Waals surface area contributed by atoms with Gasteiger partial charge in [-0.25, -0.2) is 0 Å². The van der Waals surface area contributed by atoms with Crippen molar-refractivity contribution in [1.29, 1.82) is 0 Å². The minimum absolute atomic E-state index is 1.12. The van der Waals surface area contributed by atoms with Crippen LogP contribution in [0.15, 0.2) is 96.1 Å². The molecule has 0 fully saturated rings. The van der Waals surface area contributed by atoms with Crippen molar-refractivity contribution in [2.24, 2.45) is 0 Å². The molecule has 6 rings (SSSR count). The summed E-state index contributed by atoms with van der Waals surface area (Å²) in [5.41, 5.74) is 17.9. The molecule has 4 aromatic carbocycles. The highest BCUT2D eigenvalue weighted by atomic mass is 28.3. The Balaban J connectivity index is 1.59. The number of fused-ring (bicyclic) bond motifs is 2. The smallest absolute Gasteiger partial charge is 0.0655 e. The van der Waals surface area contributed by atoms with Crippen LogP contribution >= 0.6 is 0 Å². The van der Waals surface area contributed by atoms with Crippen LogP contribution in [-0.2, 0) is 12.8 Å². The van der Waals surface area contributed by atoms with Crippen molar-refractivity contribution in [2.75, 3.05) is 0 Å². The topological polar surface area (TPSA) is 0 Å². The molecule has 220 valence electrons. The summed E-state index contributed by atoms with van der Waals surface area (Å²) in [5.74, 6) is 0. The van der Waals surface area contributed by atoms with Gasteiger partial charge in [0.15, 0.2) is 0 Å². The molecule has 4 aromatic rings. The molecule has 0 saturated heterocycles. The predicted octanol–water partition coefficient (Wildman–Crippen LogP) is 12.1. The normalized spacial score (nSPS) is 14.5. The van der Waals surface area contributed by atoms with Gasteiger partial charge in [-0.15, -0.1) is 0 Å². The van der Waals surface area contributed by atoms with Gasteiger partial charge in [-0.2, -0.15) is 0 Å². The van der Waals surface area contributed by atoms with Crippen LogP contribution in [0.1, 0.15) is 85.8 Å². The first-order chi connectivity index (χ1) is 20.8. The van der Waals surface area contributed by atoms with Crippen molar-refractivity contribution < 1.29 is 0 Å². The van der Waals surface area contributed by atoms with E-state index in [1.165, 1.54) is 71.9 Å². The molecule has 43 heavy (non-hydrogen) atoms. The van der Waals surface area contributed by atoms with E-state index in [1.54, 1.807) is 43.8 Å². The highest BCUT2D eigenvalue weighted by Gasteiger charge is 2.43. The van der Waals surface area contributed by atoms with Crippen LogP contribution in [0.4, 0.5) is 0 Å². The first-order valence-electron chi connectivity index (χ1n) is 16.7. The standard InChI is InChI=1S/C42H48Si/c1-7-9-13-35-27-33-15-11-17-37(31-23-19-29(3)20-24-31)39(33)41(35)43(5,6)42-36(14-10-8-2)28-34-16-12-18-38(40(34)42)32-25-21-30(4)22-26-32/h11-12,15-26H,7-10,13-14,27-28H2,1-6H3. The molecule has 0 amide bonds. The molecule has 0 aromatic heterocycles. The average Bonchev–Trinajstić information content (AvgIpc) is 3.59. The van der Waals surface area contributed by atoms with Gasteiger partial charge in [0, 0.05) is 0 Å². The maximum absolute atomic E-state index is 2.69. The number of unbranched alkanes of at least 4 members (excludes halogenated alkanes) is 2. The van der Waals surface area contributed by atoms with Crippen molar-refractivity contribution >= 4 is 18.5 Å². The predicted molar refractivity (Wildman–Crippen MR) is 191 cm³/mol. The van der Waals surface area contributed by atoms with Gasteiger partial charge in [0.1, 0.15) is 8.07 Å². The molecule has 0 unspecified atom stereocenters. The summed E-state index contributed by atoms with van der Waals surface area (Å²) in [6.07, 6.45) is 9.68. The quantitative estimate of drug-likeness (QED) is 0.164. The molecule has 0 radical (unpaired) electrons. The van der Waals surface area contributed by atoms with E-state index in [2.05, 4.69) is 126 Å². The number of hydrogen-bond acceptors (Lipinski definition) is 0. The molecule has 2 aliphatic rings. The van der Waals surface area contributed by atoms with Crippen molar-refractivity contribution in [3.8, 4) is 22.3 Å². The average molecular weight is 581 g/mol. The molecule has 0 saturated carbocycles. The van der Waals surface area contributed by atoms with Crippen molar-refractivity contribution in [2.45, 2.75) is 92.2 Å². The van der Waals surface area contributed by atoms with Gasteiger partial charge in [-0.05, 0) is 107 Å². The second kappa shape index (κ2) is 12.3. The van der Waals surface area contributed by atoms with Crippen LogP contribution in [0.5, 0.6) is 0 Å². The lowest BCUT2D eigenvalue weighted by molar-refractivity contribution is 0.778. The van der Waals surface area contributed by atoms with Crippen LogP contribution in [-0.4, -0.2) is 8.07 Å². The molecule has 0 heterocycles. The number of allylic oxidation sites excluding steroid dienone is 2. The Morgan fingerprint density at radius 1 is 0.535 bits per heavy atom. The minimum Gasteiger partial charge on any atom is -0.0655 e. The largest absolute Gasteiger partial charge is 0.113 e. The fraction of sp³-hybridized carbons (Fsp3) is 0.333. The molecule has 0 nitrogen and oxygen atoms in total. The van der Waals surface area contributed by atoms with E-state index >= 15 is 0 Å². The van der Waals surface area contributed by atoms with E-state index in [4.69, 9.17) is 0 Å². The van der Waals surface area contributed by atoms with E-state index in [0.29, 0.717) is 0 Å². The van der Waals surface area contributed by atoms with Gasteiger partial charge in [-0.3, -0.25) is 0 Å². The summed E-state index contributed by atoms with van der Waals surface area (Å²) in [4.78, 5) is 0. The summed E-state index contributed by atoms with van der Waals surface area (Å²) >= 11 is 0. The third-order valence-electron chi connectivity index (χ3n) is 9.96. The molecule has 1 heteroatoms. The number of benzene rings is 4. The van der Waals surface area contributed by atoms with E-state index in [-0.39, 0.29) is 0 Å². The number of aryl methyl sites for hydroxylation is 2. The van der Waals surface area contributed by atoms with Gasteiger partial charge in [0.25, 0.3) is 0 Å². The first-order valence-corrected chi connectivity index (χ1v) is 19.7. The van der Waals surface area contributed by atoms with E-state index < -0.39 is 8.07 Å². The summed E-state index contributed by atoms with van der Waals surface area (Å²) < 4.78 is 0. The molecular weight excluding hydrogens is 533 g/mol. The molecule has 0 spiro atoms. The number of hydrogen-bond donors (Lipinski definition) is 0. The summed E-state index contributed by atoms with van der Waals surface area (Å²) in [6.45, 7) is 14.5. The summed E-state index contributed by atoms with van der Waals surface area (Å²) in [5, 5.41) is 3.48. The van der Waals surface area contributed by atoms with Crippen LogP contribution < -0.4 is 0 Å².